The van der Waals surface area contributed by atoms with E-state index in [1.165, 1.54) is 12.1 Å². The van der Waals surface area contributed by atoms with Gasteiger partial charge in [0.1, 0.15) is 11.2 Å². The van der Waals surface area contributed by atoms with Crippen molar-refractivity contribution in [1.29, 1.82) is 0 Å². The highest BCUT2D eigenvalue weighted by Gasteiger charge is 2.33. The summed E-state index contributed by atoms with van der Waals surface area (Å²) >= 11 is 4.99. The SMILES string of the molecule is O=C1CS[C@@H](c2ccc(Br)cc2)N1c1ccc(F)cc1. The number of carbonyl (C=O) groups excluding carboxylic acids is 1. The molecule has 102 valence electrons. The lowest BCUT2D eigenvalue weighted by Gasteiger charge is -2.24. The smallest absolute Gasteiger partial charge is 0.238 e. The molecule has 0 aromatic heterocycles. The van der Waals surface area contributed by atoms with Gasteiger partial charge in [0, 0.05) is 10.2 Å². The van der Waals surface area contributed by atoms with Crippen molar-refractivity contribution in [2.45, 2.75) is 5.37 Å². The Morgan fingerprint density at radius 3 is 2.40 bits per heavy atom. The molecule has 1 fully saturated rings. The zero-order valence-corrected chi connectivity index (χ0v) is 12.8. The summed E-state index contributed by atoms with van der Waals surface area (Å²) in [6, 6.07) is 14.0. The van der Waals surface area contributed by atoms with Crippen LogP contribution in [-0.2, 0) is 4.79 Å². The van der Waals surface area contributed by atoms with Gasteiger partial charge in [0.15, 0.2) is 0 Å². The highest BCUT2D eigenvalue weighted by molar-refractivity contribution is 9.10. The van der Waals surface area contributed by atoms with Crippen LogP contribution in [0.15, 0.2) is 53.0 Å². The fourth-order valence-electron chi connectivity index (χ4n) is 2.18. The monoisotopic (exact) mass is 351 g/mol. The third kappa shape index (κ3) is 2.60. The van der Waals surface area contributed by atoms with E-state index in [2.05, 4.69) is 15.9 Å². The predicted molar refractivity (Wildman–Crippen MR) is 83.2 cm³/mol. The number of anilines is 1. The molecule has 1 amide bonds. The van der Waals surface area contributed by atoms with E-state index in [1.807, 2.05) is 24.3 Å². The Labute approximate surface area is 129 Å². The summed E-state index contributed by atoms with van der Waals surface area (Å²) in [5.74, 6) is 0.195. The van der Waals surface area contributed by atoms with Gasteiger partial charge in [0.25, 0.3) is 0 Å². The van der Waals surface area contributed by atoms with Gasteiger partial charge in [0.2, 0.25) is 5.91 Å². The molecule has 1 aliphatic rings. The van der Waals surface area contributed by atoms with Crippen LogP contribution >= 0.6 is 27.7 Å². The van der Waals surface area contributed by atoms with Crippen LogP contribution in [0, 0.1) is 5.82 Å². The Bertz CT molecular complexity index is 629. The summed E-state index contributed by atoms with van der Waals surface area (Å²) in [5, 5.41) is -0.0546. The summed E-state index contributed by atoms with van der Waals surface area (Å²) < 4.78 is 14.0. The van der Waals surface area contributed by atoms with Crippen molar-refractivity contribution in [1.82, 2.24) is 0 Å². The number of halogens is 2. The van der Waals surface area contributed by atoms with Crippen LogP contribution in [0.5, 0.6) is 0 Å². The van der Waals surface area contributed by atoms with Gasteiger partial charge in [0.05, 0.1) is 5.75 Å². The van der Waals surface area contributed by atoms with Crippen LogP contribution in [0.25, 0.3) is 0 Å². The number of amides is 1. The molecular weight excluding hydrogens is 341 g/mol. The molecule has 0 radical (unpaired) electrons. The molecule has 0 spiro atoms. The van der Waals surface area contributed by atoms with E-state index in [1.54, 1.807) is 28.8 Å². The Balaban J connectivity index is 1.96. The standard InChI is InChI=1S/C15H11BrFNOS/c16-11-3-1-10(2-4-11)15-18(14(19)9-20-15)13-7-5-12(17)6-8-13/h1-8,15H,9H2/t15-/m0/s1. The zero-order chi connectivity index (χ0) is 14.1. The molecule has 0 saturated carbocycles. The van der Waals surface area contributed by atoms with E-state index in [0.717, 1.165) is 15.7 Å². The maximum atomic E-state index is 13.0. The molecular formula is C15H11BrFNOS. The summed E-state index contributed by atoms with van der Waals surface area (Å²) in [4.78, 5) is 13.8. The number of nitrogens with zero attached hydrogens (tertiary/aromatic N) is 1. The summed E-state index contributed by atoms with van der Waals surface area (Å²) in [6.07, 6.45) is 0. The molecule has 3 rings (SSSR count). The van der Waals surface area contributed by atoms with Gasteiger partial charge in [-0.05, 0) is 42.0 Å². The van der Waals surface area contributed by atoms with E-state index in [-0.39, 0.29) is 17.1 Å². The van der Waals surface area contributed by atoms with E-state index in [0.29, 0.717) is 5.75 Å². The van der Waals surface area contributed by atoms with E-state index >= 15 is 0 Å². The first-order valence-electron chi connectivity index (χ1n) is 6.10. The van der Waals surface area contributed by atoms with Gasteiger partial charge in [-0.1, -0.05) is 28.1 Å². The molecule has 0 aliphatic carbocycles. The molecule has 2 nitrogen and oxygen atoms in total. The number of hydrogen-bond acceptors (Lipinski definition) is 2. The van der Waals surface area contributed by atoms with Crippen molar-refractivity contribution in [2.75, 3.05) is 10.7 Å². The number of rotatable bonds is 2. The largest absolute Gasteiger partial charge is 0.295 e. The molecule has 1 atom stereocenters. The Morgan fingerprint density at radius 1 is 1.10 bits per heavy atom. The van der Waals surface area contributed by atoms with Crippen LogP contribution in [0.3, 0.4) is 0 Å². The fourth-order valence-corrected chi connectivity index (χ4v) is 3.62. The number of thioether (sulfide) groups is 1. The summed E-state index contributed by atoms with van der Waals surface area (Å²) in [7, 11) is 0. The second-order valence-electron chi connectivity index (χ2n) is 4.46. The predicted octanol–water partition coefficient (Wildman–Crippen LogP) is 4.37. The zero-order valence-electron chi connectivity index (χ0n) is 10.4. The topological polar surface area (TPSA) is 20.3 Å². The van der Waals surface area contributed by atoms with Gasteiger partial charge >= 0.3 is 0 Å². The summed E-state index contributed by atoms with van der Waals surface area (Å²) in [6.45, 7) is 0. The number of hydrogen-bond donors (Lipinski definition) is 0. The molecule has 5 heteroatoms. The van der Waals surface area contributed by atoms with Gasteiger partial charge < -0.3 is 0 Å². The van der Waals surface area contributed by atoms with Crippen LogP contribution < -0.4 is 4.90 Å². The van der Waals surface area contributed by atoms with Crippen molar-refractivity contribution in [3.8, 4) is 0 Å². The Morgan fingerprint density at radius 2 is 1.75 bits per heavy atom. The number of benzene rings is 2. The third-order valence-electron chi connectivity index (χ3n) is 3.13. The Kier molecular flexibility index (Phi) is 3.81. The molecule has 0 unspecified atom stereocenters. The lowest BCUT2D eigenvalue weighted by Crippen LogP contribution is -2.27. The second kappa shape index (κ2) is 5.58. The average Bonchev–Trinajstić information content (AvgIpc) is 2.83. The quantitative estimate of drug-likeness (QED) is 0.800. The average molecular weight is 352 g/mol. The maximum Gasteiger partial charge on any atom is 0.238 e. The highest BCUT2D eigenvalue weighted by atomic mass is 79.9. The molecule has 2 aromatic carbocycles. The lowest BCUT2D eigenvalue weighted by atomic mass is 10.2. The molecule has 1 heterocycles. The van der Waals surface area contributed by atoms with Gasteiger partial charge in [-0.3, -0.25) is 9.69 Å². The van der Waals surface area contributed by atoms with Crippen molar-refractivity contribution in [3.63, 3.8) is 0 Å². The van der Waals surface area contributed by atoms with Crippen LogP contribution in [-0.4, -0.2) is 11.7 Å². The van der Waals surface area contributed by atoms with E-state index in [9.17, 15) is 9.18 Å². The molecule has 2 aromatic rings. The van der Waals surface area contributed by atoms with E-state index < -0.39 is 0 Å². The van der Waals surface area contributed by atoms with Gasteiger partial charge in [-0.15, -0.1) is 11.8 Å². The minimum atomic E-state index is -0.298. The number of carbonyl (C=O) groups is 1. The summed E-state index contributed by atoms with van der Waals surface area (Å²) in [5.41, 5.74) is 1.79. The molecule has 0 N–H and O–H groups in total. The molecule has 1 saturated heterocycles. The first-order valence-corrected chi connectivity index (χ1v) is 7.94. The molecule has 20 heavy (non-hydrogen) atoms. The first-order chi connectivity index (χ1) is 9.65. The minimum absolute atomic E-state index is 0.0505. The molecule has 1 aliphatic heterocycles. The van der Waals surface area contributed by atoms with Crippen LogP contribution in [0.2, 0.25) is 0 Å². The van der Waals surface area contributed by atoms with Crippen molar-refractivity contribution < 1.29 is 9.18 Å². The van der Waals surface area contributed by atoms with Crippen molar-refractivity contribution in [2.24, 2.45) is 0 Å². The fraction of sp³-hybridized carbons (Fsp3) is 0.133. The van der Waals surface area contributed by atoms with Crippen molar-refractivity contribution in [3.05, 3.63) is 64.4 Å². The van der Waals surface area contributed by atoms with Crippen LogP contribution in [0.4, 0.5) is 10.1 Å². The van der Waals surface area contributed by atoms with Gasteiger partial charge in [-0.25, -0.2) is 4.39 Å². The van der Waals surface area contributed by atoms with Crippen LogP contribution in [0.1, 0.15) is 10.9 Å². The second-order valence-corrected chi connectivity index (χ2v) is 6.44. The Hall–Kier alpha value is -1.33. The highest BCUT2D eigenvalue weighted by Crippen LogP contribution is 2.41. The normalized spacial score (nSPS) is 18.6. The lowest BCUT2D eigenvalue weighted by molar-refractivity contribution is -0.115. The maximum absolute atomic E-state index is 13.0. The minimum Gasteiger partial charge on any atom is -0.295 e. The van der Waals surface area contributed by atoms with E-state index in [4.69, 9.17) is 0 Å². The molecule has 0 bridgehead atoms. The third-order valence-corrected chi connectivity index (χ3v) is 4.87. The first kappa shape index (κ1) is 13.6. The van der Waals surface area contributed by atoms with Crippen molar-refractivity contribution >= 4 is 39.3 Å². The van der Waals surface area contributed by atoms with Gasteiger partial charge in [-0.2, -0.15) is 0 Å².